The van der Waals surface area contributed by atoms with Crippen molar-refractivity contribution in [1.29, 1.82) is 0 Å². The fourth-order valence-electron chi connectivity index (χ4n) is 0.258. The fraction of sp³-hybridized carbons (Fsp3) is 0.818. The predicted octanol–water partition coefficient (Wildman–Crippen LogP) is 1.78. The van der Waals surface area contributed by atoms with E-state index in [4.69, 9.17) is 21.9 Å². The summed E-state index contributed by atoms with van der Waals surface area (Å²) in [7, 11) is 0. The molecule has 0 rings (SSSR count). The van der Waals surface area contributed by atoms with Crippen molar-refractivity contribution in [1.82, 2.24) is 0 Å². The molecule has 104 valence electrons. The number of nitrogens with zero attached hydrogens (tertiary/aromatic N) is 2. The van der Waals surface area contributed by atoms with Crippen LogP contribution < -0.4 is 11.5 Å². The first-order chi connectivity index (χ1) is 6.96. The van der Waals surface area contributed by atoms with Crippen molar-refractivity contribution in [3.8, 4) is 0 Å². The maximum Gasteiger partial charge on any atom is 0.0732 e. The standard InChI is InChI=1S/2C5H12N2O.CH4/c2*1-4(7-8)5(2,3)6;/h2*8H,6H2,1-3H3;1H4/b2*7-4+;. The van der Waals surface area contributed by atoms with Gasteiger partial charge >= 0.3 is 0 Å². The van der Waals surface area contributed by atoms with Gasteiger partial charge in [-0.25, -0.2) is 0 Å². The van der Waals surface area contributed by atoms with Crippen molar-refractivity contribution in [2.45, 2.75) is 60.0 Å². The third-order valence-corrected chi connectivity index (χ3v) is 2.16. The molecule has 0 amide bonds. The van der Waals surface area contributed by atoms with E-state index in [1.165, 1.54) is 0 Å². The Morgan fingerprint density at radius 1 is 0.824 bits per heavy atom. The van der Waals surface area contributed by atoms with Crippen LogP contribution in [0.15, 0.2) is 10.3 Å². The Labute approximate surface area is 104 Å². The predicted molar refractivity (Wildman–Crippen MR) is 73.1 cm³/mol. The molecule has 6 nitrogen and oxygen atoms in total. The molecule has 0 bridgehead atoms. The Hall–Kier alpha value is -1.14. The van der Waals surface area contributed by atoms with Gasteiger partial charge in [0.25, 0.3) is 0 Å². The number of nitrogens with two attached hydrogens (primary N) is 2. The molecule has 0 aliphatic heterocycles. The minimum Gasteiger partial charge on any atom is -0.411 e. The zero-order valence-electron chi connectivity index (χ0n) is 10.9. The van der Waals surface area contributed by atoms with Crippen molar-refractivity contribution >= 4 is 11.4 Å². The normalized spacial score (nSPS) is 13.4. The largest absolute Gasteiger partial charge is 0.411 e. The Bertz CT molecular complexity index is 232. The second-order valence-corrected chi connectivity index (χ2v) is 4.81. The Kier molecular flexibility index (Phi) is 10.00. The summed E-state index contributed by atoms with van der Waals surface area (Å²) in [5, 5.41) is 22.3. The van der Waals surface area contributed by atoms with Crippen LogP contribution in [-0.4, -0.2) is 32.9 Å². The molecule has 0 radical (unpaired) electrons. The van der Waals surface area contributed by atoms with Gasteiger partial charge in [-0.2, -0.15) is 0 Å². The maximum absolute atomic E-state index is 8.18. The number of rotatable bonds is 2. The van der Waals surface area contributed by atoms with Gasteiger partial charge in [-0.1, -0.05) is 17.7 Å². The lowest BCUT2D eigenvalue weighted by Gasteiger charge is -2.15. The minimum atomic E-state index is -0.491. The summed E-state index contributed by atoms with van der Waals surface area (Å²) in [5.74, 6) is 0. The number of hydrogen-bond donors (Lipinski definition) is 4. The van der Waals surface area contributed by atoms with Crippen LogP contribution in [0.2, 0.25) is 0 Å². The average Bonchev–Trinajstić information content (AvgIpc) is 2.13. The van der Waals surface area contributed by atoms with Crippen LogP contribution in [0.5, 0.6) is 0 Å². The molecule has 0 saturated carbocycles. The van der Waals surface area contributed by atoms with Gasteiger partial charge in [0.15, 0.2) is 0 Å². The quantitative estimate of drug-likeness (QED) is 0.338. The molecule has 17 heavy (non-hydrogen) atoms. The molecule has 6 heteroatoms. The third kappa shape index (κ3) is 11.1. The van der Waals surface area contributed by atoms with Crippen LogP contribution >= 0.6 is 0 Å². The van der Waals surface area contributed by atoms with Gasteiger partial charge in [0.05, 0.1) is 22.5 Å². The molecule has 0 aromatic carbocycles. The lowest BCUT2D eigenvalue weighted by atomic mass is 10.0. The monoisotopic (exact) mass is 248 g/mol. The fourth-order valence-corrected chi connectivity index (χ4v) is 0.258. The van der Waals surface area contributed by atoms with Crippen LogP contribution in [-0.2, 0) is 0 Å². The van der Waals surface area contributed by atoms with E-state index < -0.39 is 11.1 Å². The Morgan fingerprint density at radius 2 is 1.00 bits per heavy atom. The van der Waals surface area contributed by atoms with E-state index in [1.807, 2.05) is 0 Å². The highest BCUT2D eigenvalue weighted by Crippen LogP contribution is 1.98. The Balaban J connectivity index is -0.000000218. The lowest BCUT2D eigenvalue weighted by molar-refractivity contribution is 0.313. The van der Waals surface area contributed by atoms with E-state index in [0.29, 0.717) is 11.4 Å². The summed E-state index contributed by atoms with van der Waals surface area (Å²) in [6.45, 7) is 10.5. The summed E-state index contributed by atoms with van der Waals surface area (Å²) in [6, 6.07) is 0. The molecular formula is C11H28N4O2. The second kappa shape index (κ2) is 8.03. The van der Waals surface area contributed by atoms with Crippen LogP contribution in [0, 0.1) is 0 Å². The van der Waals surface area contributed by atoms with Gasteiger partial charge in [-0.15, -0.1) is 0 Å². The number of oxime groups is 2. The van der Waals surface area contributed by atoms with E-state index in [1.54, 1.807) is 41.5 Å². The van der Waals surface area contributed by atoms with E-state index in [9.17, 15) is 0 Å². The van der Waals surface area contributed by atoms with Crippen molar-refractivity contribution < 1.29 is 10.4 Å². The second-order valence-electron chi connectivity index (χ2n) is 4.81. The first-order valence-corrected chi connectivity index (χ1v) is 4.92. The molecular weight excluding hydrogens is 220 g/mol. The molecule has 0 atom stereocenters. The molecule has 0 aliphatic rings. The highest BCUT2D eigenvalue weighted by atomic mass is 16.4. The summed E-state index contributed by atoms with van der Waals surface area (Å²) in [6.07, 6.45) is 0. The van der Waals surface area contributed by atoms with Crippen molar-refractivity contribution in [3.05, 3.63) is 0 Å². The zero-order chi connectivity index (χ0) is 13.6. The molecule has 0 spiro atoms. The lowest BCUT2D eigenvalue weighted by Crippen LogP contribution is -2.39. The van der Waals surface area contributed by atoms with Crippen LogP contribution in [0.25, 0.3) is 0 Å². The molecule has 0 aliphatic carbocycles. The van der Waals surface area contributed by atoms with E-state index in [-0.39, 0.29) is 7.43 Å². The SMILES string of the molecule is C.C/C(=N\O)C(C)(C)N.C/C(=N\O)C(C)(C)N. The highest BCUT2D eigenvalue weighted by Gasteiger charge is 2.14. The summed E-state index contributed by atoms with van der Waals surface area (Å²) in [5.41, 5.74) is 11.1. The summed E-state index contributed by atoms with van der Waals surface area (Å²) >= 11 is 0. The molecule has 0 aromatic heterocycles. The van der Waals surface area contributed by atoms with Crippen LogP contribution in [0.4, 0.5) is 0 Å². The smallest absolute Gasteiger partial charge is 0.0732 e. The molecule has 6 N–H and O–H groups in total. The Morgan fingerprint density at radius 3 is 1.00 bits per heavy atom. The summed E-state index contributed by atoms with van der Waals surface area (Å²) < 4.78 is 0. The first kappa shape index (κ1) is 21.2. The van der Waals surface area contributed by atoms with E-state index >= 15 is 0 Å². The maximum atomic E-state index is 8.18. The molecule has 0 fully saturated rings. The van der Waals surface area contributed by atoms with Gasteiger partial charge in [0.2, 0.25) is 0 Å². The first-order valence-electron chi connectivity index (χ1n) is 4.92. The minimum absolute atomic E-state index is 0. The molecule has 0 saturated heterocycles. The van der Waals surface area contributed by atoms with Gasteiger partial charge in [-0.05, 0) is 41.5 Å². The van der Waals surface area contributed by atoms with Gasteiger partial charge in [0.1, 0.15) is 0 Å². The van der Waals surface area contributed by atoms with Crippen molar-refractivity contribution in [2.24, 2.45) is 21.8 Å². The highest BCUT2D eigenvalue weighted by molar-refractivity contribution is 5.90. The van der Waals surface area contributed by atoms with Gasteiger partial charge < -0.3 is 21.9 Å². The number of hydrogen-bond acceptors (Lipinski definition) is 6. The topological polar surface area (TPSA) is 117 Å². The van der Waals surface area contributed by atoms with Crippen LogP contribution in [0.1, 0.15) is 49.0 Å². The molecule has 0 unspecified atom stereocenters. The third-order valence-electron chi connectivity index (χ3n) is 2.16. The average molecular weight is 248 g/mol. The zero-order valence-corrected chi connectivity index (χ0v) is 10.9. The summed E-state index contributed by atoms with van der Waals surface area (Å²) in [4.78, 5) is 0. The van der Waals surface area contributed by atoms with Gasteiger partial charge in [-0.3, -0.25) is 0 Å². The molecule has 0 aromatic rings. The van der Waals surface area contributed by atoms with E-state index in [0.717, 1.165) is 0 Å². The van der Waals surface area contributed by atoms with Crippen LogP contribution in [0.3, 0.4) is 0 Å². The molecule has 0 heterocycles. The van der Waals surface area contributed by atoms with Gasteiger partial charge in [0, 0.05) is 0 Å². The van der Waals surface area contributed by atoms with Crippen molar-refractivity contribution in [2.75, 3.05) is 0 Å². The van der Waals surface area contributed by atoms with Crippen molar-refractivity contribution in [3.63, 3.8) is 0 Å². The van der Waals surface area contributed by atoms with E-state index in [2.05, 4.69) is 10.3 Å².